The lowest BCUT2D eigenvalue weighted by atomic mass is 9.65. The van der Waals surface area contributed by atoms with E-state index in [1.807, 2.05) is 13.0 Å². The number of carbonyl (C=O) groups is 1. The molecular formula is C27H26FN7O3S. The molecule has 1 aliphatic carbocycles. The van der Waals surface area contributed by atoms with E-state index in [-0.39, 0.29) is 41.8 Å². The molecule has 1 saturated heterocycles. The summed E-state index contributed by atoms with van der Waals surface area (Å²) < 4.78 is 45.4. The van der Waals surface area contributed by atoms with Gasteiger partial charge in [0, 0.05) is 25.8 Å². The fraction of sp³-hybridized carbons (Fsp3) is 0.296. The molecule has 1 fully saturated rings. The molecule has 0 unspecified atom stereocenters. The fourth-order valence-corrected chi connectivity index (χ4v) is 6.80. The Kier molecular flexibility index (Phi) is 6.23. The van der Waals surface area contributed by atoms with Crippen LogP contribution in [0.25, 0.3) is 11.8 Å². The molecule has 39 heavy (non-hydrogen) atoms. The van der Waals surface area contributed by atoms with Gasteiger partial charge in [0.25, 0.3) is 10.0 Å². The van der Waals surface area contributed by atoms with E-state index < -0.39 is 15.4 Å². The summed E-state index contributed by atoms with van der Waals surface area (Å²) in [5.74, 6) is -0.592. The van der Waals surface area contributed by atoms with Crippen molar-refractivity contribution in [3.05, 3.63) is 89.4 Å². The first-order valence-corrected chi connectivity index (χ1v) is 14.2. The molecular weight excluding hydrogens is 521 g/mol. The van der Waals surface area contributed by atoms with Crippen LogP contribution >= 0.6 is 0 Å². The SMILES string of the molecule is CCCn1cc(S(=O)(=O)N2CCC3=Cc4c(cnn4-c4ccc(F)cc4)C[C@]3(C(=O)c3ccccn3)C2)nn1. The maximum Gasteiger partial charge on any atom is 0.264 e. The summed E-state index contributed by atoms with van der Waals surface area (Å²) in [7, 11) is -4.00. The van der Waals surface area contributed by atoms with Crippen molar-refractivity contribution in [1.82, 2.24) is 34.1 Å². The zero-order valence-corrected chi connectivity index (χ0v) is 22.1. The van der Waals surface area contributed by atoms with Crippen molar-refractivity contribution >= 4 is 21.9 Å². The van der Waals surface area contributed by atoms with Crippen molar-refractivity contribution in [2.45, 2.75) is 37.8 Å². The highest BCUT2D eigenvalue weighted by Crippen LogP contribution is 2.47. The third-order valence-corrected chi connectivity index (χ3v) is 9.07. The summed E-state index contributed by atoms with van der Waals surface area (Å²) in [6.45, 7) is 2.65. The van der Waals surface area contributed by atoms with E-state index in [1.54, 1.807) is 47.4 Å². The molecule has 1 aromatic carbocycles. The van der Waals surface area contributed by atoms with Crippen molar-refractivity contribution in [2.75, 3.05) is 13.1 Å². The summed E-state index contributed by atoms with van der Waals surface area (Å²) in [5, 5.41) is 12.3. The predicted molar refractivity (Wildman–Crippen MR) is 140 cm³/mol. The average molecular weight is 548 g/mol. The molecule has 4 aromatic rings. The average Bonchev–Trinajstić information content (AvgIpc) is 3.59. The van der Waals surface area contributed by atoms with E-state index in [0.29, 0.717) is 18.7 Å². The number of Topliss-reactive ketones (excluding diaryl/α,β-unsaturated/α-hetero) is 1. The number of carbonyl (C=O) groups excluding carboxylic acids is 1. The number of hydrogen-bond donors (Lipinski definition) is 0. The minimum atomic E-state index is -4.00. The highest BCUT2D eigenvalue weighted by molar-refractivity contribution is 7.89. The number of aryl methyl sites for hydroxylation is 1. The Labute approximate surface area is 224 Å². The van der Waals surface area contributed by atoms with Gasteiger partial charge in [-0.3, -0.25) is 14.5 Å². The van der Waals surface area contributed by atoms with Crippen molar-refractivity contribution in [2.24, 2.45) is 5.41 Å². The Bertz CT molecular complexity index is 1680. The van der Waals surface area contributed by atoms with Gasteiger partial charge in [-0.1, -0.05) is 23.8 Å². The van der Waals surface area contributed by atoms with Crippen molar-refractivity contribution < 1.29 is 17.6 Å². The molecule has 4 heterocycles. The molecule has 10 nitrogen and oxygen atoms in total. The zero-order valence-electron chi connectivity index (χ0n) is 21.2. The molecule has 0 radical (unpaired) electrons. The third kappa shape index (κ3) is 4.29. The van der Waals surface area contributed by atoms with E-state index in [9.17, 15) is 17.6 Å². The number of nitrogens with zero attached hydrogens (tertiary/aromatic N) is 7. The molecule has 1 aliphatic heterocycles. The van der Waals surface area contributed by atoms with Crippen LogP contribution in [-0.4, -0.2) is 61.4 Å². The van der Waals surface area contributed by atoms with Crippen LogP contribution in [0.4, 0.5) is 4.39 Å². The number of rotatable bonds is 7. The molecule has 1 atom stereocenters. The van der Waals surface area contributed by atoms with Crippen LogP contribution in [0.5, 0.6) is 0 Å². The minimum absolute atomic E-state index is 0.0572. The lowest BCUT2D eigenvalue weighted by molar-refractivity contribution is 0.0770. The number of fused-ring (bicyclic) bond motifs is 2. The van der Waals surface area contributed by atoms with Gasteiger partial charge < -0.3 is 0 Å². The summed E-state index contributed by atoms with van der Waals surface area (Å²) >= 11 is 0. The second-order valence-electron chi connectivity index (χ2n) is 9.82. The Morgan fingerprint density at radius 1 is 1.15 bits per heavy atom. The minimum Gasteiger partial charge on any atom is -0.291 e. The molecule has 0 amide bonds. The number of sulfonamides is 1. The number of benzene rings is 1. The number of pyridine rings is 1. The number of piperidine rings is 1. The monoisotopic (exact) mass is 547 g/mol. The van der Waals surface area contributed by atoms with E-state index in [0.717, 1.165) is 23.3 Å². The van der Waals surface area contributed by atoms with Gasteiger partial charge in [0.15, 0.2) is 5.78 Å². The smallest absolute Gasteiger partial charge is 0.264 e. The van der Waals surface area contributed by atoms with Gasteiger partial charge in [-0.25, -0.2) is 17.5 Å². The van der Waals surface area contributed by atoms with Gasteiger partial charge in [0.1, 0.15) is 11.5 Å². The fourth-order valence-electron chi connectivity index (χ4n) is 5.42. The summed E-state index contributed by atoms with van der Waals surface area (Å²) in [5.41, 5.74) is 2.19. The van der Waals surface area contributed by atoms with Crippen molar-refractivity contribution in [1.29, 1.82) is 0 Å². The lowest BCUT2D eigenvalue weighted by Gasteiger charge is -2.44. The highest BCUT2D eigenvalue weighted by Gasteiger charge is 2.51. The van der Waals surface area contributed by atoms with Crippen molar-refractivity contribution in [3.63, 3.8) is 0 Å². The number of aromatic nitrogens is 6. The van der Waals surface area contributed by atoms with Gasteiger partial charge in [0.05, 0.1) is 29.2 Å². The Balaban J connectivity index is 1.42. The van der Waals surface area contributed by atoms with Crippen molar-refractivity contribution in [3.8, 4) is 5.69 Å². The van der Waals surface area contributed by atoms with E-state index >= 15 is 0 Å². The zero-order chi connectivity index (χ0) is 27.2. The highest BCUT2D eigenvalue weighted by atomic mass is 32.2. The molecule has 0 saturated carbocycles. The van der Waals surface area contributed by atoms with Gasteiger partial charge in [-0.05, 0) is 67.3 Å². The Hall–Kier alpha value is -4.03. The lowest BCUT2D eigenvalue weighted by Crippen LogP contribution is -2.53. The summed E-state index contributed by atoms with van der Waals surface area (Å²) in [4.78, 5) is 18.5. The van der Waals surface area contributed by atoms with E-state index in [1.165, 1.54) is 27.3 Å². The molecule has 6 rings (SSSR count). The predicted octanol–water partition coefficient (Wildman–Crippen LogP) is 3.31. The molecule has 3 aromatic heterocycles. The molecule has 200 valence electrons. The van der Waals surface area contributed by atoms with Crippen LogP contribution in [0.15, 0.2) is 71.7 Å². The standard InChI is InChI=1S/C27H26FN7O3S/c1-2-12-33-17-25(31-32-33)39(37,38)34-13-10-20-14-24-19(16-30-35(24)22-8-6-21(28)7-9-22)15-27(20,18-34)26(36)23-5-3-4-11-29-23/h3-9,11,14,16-17H,2,10,12-13,15,18H2,1H3/t27-/m0/s1. The van der Waals surface area contributed by atoms with Crippen LogP contribution < -0.4 is 0 Å². The summed E-state index contributed by atoms with van der Waals surface area (Å²) in [6.07, 6.45) is 7.98. The van der Waals surface area contributed by atoms with E-state index in [4.69, 9.17) is 0 Å². The first kappa shape index (κ1) is 25.3. The molecule has 2 aliphatic rings. The third-order valence-electron chi connectivity index (χ3n) is 7.36. The van der Waals surface area contributed by atoms with Gasteiger partial charge in [-0.2, -0.15) is 9.40 Å². The second kappa shape index (κ2) is 9.62. The van der Waals surface area contributed by atoms with Gasteiger partial charge >= 0.3 is 0 Å². The first-order chi connectivity index (χ1) is 18.8. The molecule has 0 spiro atoms. The van der Waals surface area contributed by atoms with Crippen LogP contribution in [0.3, 0.4) is 0 Å². The first-order valence-electron chi connectivity index (χ1n) is 12.7. The largest absolute Gasteiger partial charge is 0.291 e. The normalized spacial score (nSPS) is 19.3. The van der Waals surface area contributed by atoms with Crippen LogP contribution in [0.2, 0.25) is 0 Å². The van der Waals surface area contributed by atoms with Crippen LogP contribution in [-0.2, 0) is 23.0 Å². The molecule has 12 heteroatoms. The van der Waals surface area contributed by atoms with Crippen LogP contribution in [0.1, 0.15) is 41.5 Å². The second-order valence-corrected chi connectivity index (χ2v) is 11.7. The Morgan fingerprint density at radius 3 is 2.72 bits per heavy atom. The maximum absolute atomic E-state index is 14.2. The van der Waals surface area contributed by atoms with Gasteiger partial charge in [-0.15, -0.1) is 5.10 Å². The number of ketones is 1. The number of hydrogen-bond acceptors (Lipinski definition) is 7. The topological polar surface area (TPSA) is 116 Å². The van der Waals surface area contributed by atoms with Gasteiger partial charge in [0.2, 0.25) is 5.03 Å². The number of halogens is 1. The summed E-state index contributed by atoms with van der Waals surface area (Å²) in [6, 6.07) is 11.1. The molecule has 0 bridgehead atoms. The molecule has 0 N–H and O–H groups in total. The van der Waals surface area contributed by atoms with Crippen LogP contribution in [0, 0.1) is 11.2 Å². The van der Waals surface area contributed by atoms with E-state index in [2.05, 4.69) is 20.4 Å². The Morgan fingerprint density at radius 2 is 1.97 bits per heavy atom. The quantitative estimate of drug-likeness (QED) is 0.326. The maximum atomic E-state index is 14.2.